The summed E-state index contributed by atoms with van der Waals surface area (Å²) in [6.45, 7) is 2.28. The minimum absolute atomic E-state index is 0.167. The molecule has 2 aromatic rings. The van der Waals surface area contributed by atoms with Crippen molar-refractivity contribution in [2.45, 2.75) is 11.8 Å². The van der Waals surface area contributed by atoms with Crippen LogP contribution in [-0.2, 0) is 10.0 Å². The molecule has 0 radical (unpaired) electrons. The molecule has 2 aromatic carbocycles. The van der Waals surface area contributed by atoms with Crippen molar-refractivity contribution >= 4 is 21.4 Å². The zero-order valence-corrected chi connectivity index (χ0v) is 12.2. The van der Waals surface area contributed by atoms with Gasteiger partial charge >= 0.3 is 0 Å². The molecule has 21 heavy (non-hydrogen) atoms. The van der Waals surface area contributed by atoms with Gasteiger partial charge in [0.1, 0.15) is 16.5 Å². The van der Waals surface area contributed by atoms with Gasteiger partial charge in [0.15, 0.2) is 0 Å². The summed E-state index contributed by atoms with van der Waals surface area (Å²) in [4.78, 5) is -0.496. The molecule has 0 fully saturated rings. The van der Waals surface area contributed by atoms with Gasteiger partial charge in [-0.15, -0.1) is 0 Å². The largest absolute Gasteiger partial charge is 0.494 e. The fourth-order valence-corrected chi connectivity index (χ4v) is 2.92. The normalized spacial score (nSPS) is 11.1. The molecule has 0 amide bonds. The van der Waals surface area contributed by atoms with E-state index in [1.807, 2.05) is 6.92 Å². The Morgan fingerprint density at radius 1 is 1.24 bits per heavy atom. The molecule has 2 rings (SSSR count). The number of nitrogen functional groups attached to an aromatic ring is 1. The first-order valence-electron chi connectivity index (χ1n) is 6.23. The topological polar surface area (TPSA) is 81.4 Å². The van der Waals surface area contributed by atoms with E-state index in [0.717, 1.165) is 12.1 Å². The van der Waals surface area contributed by atoms with Gasteiger partial charge in [0.25, 0.3) is 10.0 Å². The summed E-state index contributed by atoms with van der Waals surface area (Å²) < 4.78 is 45.6. The predicted octanol–water partition coefficient (Wildman–Crippen LogP) is 2.61. The molecule has 0 bridgehead atoms. The van der Waals surface area contributed by atoms with Gasteiger partial charge in [-0.05, 0) is 37.3 Å². The van der Waals surface area contributed by atoms with Gasteiger partial charge in [-0.3, -0.25) is 4.72 Å². The maximum Gasteiger partial charge on any atom is 0.264 e. The smallest absolute Gasteiger partial charge is 0.264 e. The highest BCUT2D eigenvalue weighted by Gasteiger charge is 2.19. The second kappa shape index (κ2) is 6.01. The average Bonchev–Trinajstić information content (AvgIpc) is 2.42. The lowest BCUT2D eigenvalue weighted by molar-refractivity contribution is 0.340. The van der Waals surface area contributed by atoms with Crippen LogP contribution in [0, 0.1) is 5.82 Å². The summed E-state index contributed by atoms with van der Waals surface area (Å²) in [5, 5.41) is 0. The Morgan fingerprint density at radius 3 is 2.71 bits per heavy atom. The Balaban J connectivity index is 2.33. The van der Waals surface area contributed by atoms with Crippen molar-refractivity contribution in [2.75, 3.05) is 17.1 Å². The third-order valence-corrected chi connectivity index (χ3v) is 4.04. The van der Waals surface area contributed by atoms with Crippen molar-refractivity contribution in [1.82, 2.24) is 0 Å². The van der Waals surface area contributed by atoms with E-state index < -0.39 is 20.7 Å². The minimum Gasteiger partial charge on any atom is -0.494 e. The summed E-state index contributed by atoms with van der Waals surface area (Å²) in [6.07, 6.45) is 0. The summed E-state index contributed by atoms with van der Waals surface area (Å²) in [5.74, 6) is -0.344. The Labute approximate surface area is 122 Å². The van der Waals surface area contributed by atoms with Crippen LogP contribution in [0.25, 0.3) is 0 Å². The van der Waals surface area contributed by atoms with Crippen molar-refractivity contribution in [1.29, 1.82) is 0 Å². The van der Waals surface area contributed by atoms with Crippen molar-refractivity contribution in [2.24, 2.45) is 0 Å². The third-order valence-electron chi connectivity index (χ3n) is 2.64. The number of rotatable bonds is 5. The number of benzene rings is 2. The SMILES string of the molecule is CCOc1cccc(NS(=O)(=O)c2cc(N)ccc2F)c1. The predicted molar refractivity (Wildman–Crippen MR) is 79.2 cm³/mol. The summed E-state index contributed by atoms with van der Waals surface area (Å²) in [5.41, 5.74) is 5.95. The molecule has 0 unspecified atom stereocenters. The Bertz CT molecular complexity index is 748. The highest BCUT2D eigenvalue weighted by Crippen LogP contribution is 2.23. The molecular formula is C14H15FN2O3S. The number of halogens is 1. The van der Waals surface area contributed by atoms with Crippen LogP contribution < -0.4 is 15.2 Å². The molecule has 3 N–H and O–H groups in total. The monoisotopic (exact) mass is 310 g/mol. The molecule has 0 aliphatic rings. The van der Waals surface area contributed by atoms with Crippen LogP contribution in [0.2, 0.25) is 0 Å². The van der Waals surface area contributed by atoms with E-state index in [-0.39, 0.29) is 11.4 Å². The molecule has 0 saturated carbocycles. The standard InChI is InChI=1S/C14H15FN2O3S/c1-2-20-12-5-3-4-11(9-12)17-21(18,19)14-8-10(16)6-7-13(14)15/h3-9,17H,2,16H2,1H3. The first-order chi connectivity index (χ1) is 9.92. The molecule has 0 aromatic heterocycles. The van der Waals surface area contributed by atoms with Crippen LogP contribution in [0.15, 0.2) is 47.4 Å². The summed E-state index contributed by atoms with van der Waals surface area (Å²) in [6, 6.07) is 9.78. The highest BCUT2D eigenvalue weighted by molar-refractivity contribution is 7.92. The molecular weight excluding hydrogens is 295 g/mol. The quantitative estimate of drug-likeness (QED) is 0.832. The number of nitrogens with one attached hydrogen (secondary N) is 1. The van der Waals surface area contributed by atoms with Gasteiger partial charge in [-0.1, -0.05) is 6.07 Å². The Hall–Kier alpha value is -2.28. The van der Waals surface area contributed by atoms with Gasteiger partial charge in [0.2, 0.25) is 0 Å². The van der Waals surface area contributed by atoms with E-state index in [0.29, 0.717) is 12.4 Å². The van der Waals surface area contributed by atoms with Crippen molar-refractivity contribution in [3.63, 3.8) is 0 Å². The third kappa shape index (κ3) is 3.63. The van der Waals surface area contributed by atoms with Gasteiger partial charge in [0.05, 0.1) is 12.3 Å². The first kappa shape index (κ1) is 15.1. The Morgan fingerprint density at radius 2 is 2.00 bits per heavy atom. The molecule has 5 nitrogen and oxygen atoms in total. The zero-order valence-electron chi connectivity index (χ0n) is 11.3. The lowest BCUT2D eigenvalue weighted by atomic mass is 10.3. The molecule has 7 heteroatoms. The lowest BCUT2D eigenvalue weighted by Gasteiger charge is -2.11. The van der Waals surface area contributed by atoms with Gasteiger partial charge < -0.3 is 10.5 Å². The number of anilines is 2. The molecule has 0 spiro atoms. The maximum atomic E-state index is 13.7. The minimum atomic E-state index is -4.06. The van der Waals surface area contributed by atoms with E-state index in [9.17, 15) is 12.8 Å². The number of nitrogens with two attached hydrogens (primary N) is 1. The van der Waals surface area contributed by atoms with E-state index in [1.165, 1.54) is 12.1 Å². The number of ether oxygens (including phenoxy) is 1. The molecule has 0 atom stereocenters. The fraction of sp³-hybridized carbons (Fsp3) is 0.143. The van der Waals surface area contributed by atoms with Gasteiger partial charge in [0, 0.05) is 11.8 Å². The molecule has 112 valence electrons. The molecule has 0 aliphatic heterocycles. The first-order valence-corrected chi connectivity index (χ1v) is 7.71. The molecule has 0 aliphatic carbocycles. The Kier molecular flexibility index (Phi) is 4.32. The average molecular weight is 310 g/mol. The number of sulfonamides is 1. The van der Waals surface area contributed by atoms with Crippen LogP contribution >= 0.6 is 0 Å². The van der Waals surface area contributed by atoms with E-state index in [1.54, 1.807) is 18.2 Å². The molecule has 0 saturated heterocycles. The van der Waals surface area contributed by atoms with Crippen LogP contribution in [0.5, 0.6) is 5.75 Å². The second-order valence-corrected chi connectivity index (χ2v) is 5.91. The fourth-order valence-electron chi connectivity index (χ4n) is 1.75. The van der Waals surface area contributed by atoms with Crippen molar-refractivity contribution in [3.05, 3.63) is 48.3 Å². The van der Waals surface area contributed by atoms with Crippen LogP contribution in [-0.4, -0.2) is 15.0 Å². The van der Waals surface area contributed by atoms with Gasteiger partial charge in [-0.2, -0.15) is 0 Å². The van der Waals surface area contributed by atoms with Crippen molar-refractivity contribution in [3.8, 4) is 5.75 Å². The summed E-state index contributed by atoms with van der Waals surface area (Å²) >= 11 is 0. The highest BCUT2D eigenvalue weighted by atomic mass is 32.2. The second-order valence-electron chi connectivity index (χ2n) is 4.26. The maximum absolute atomic E-state index is 13.7. The van der Waals surface area contributed by atoms with Gasteiger partial charge in [-0.25, -0.2) is 12.8 Å². The summed E-state index contributed by atoms with van der Waals surface area (Å²) in [7, 11) is -4.06. The zero-order chi connectivity index (χ0) is 15.5. The number of hydrogen-bond donors (Lipinski definition) is 2. The lowest BCUT2D eigenvalue weighted by Crippen LogP contribution is -2.15. The van der Waals surface area contributed by atoms with E-state index in [4.69, 9.17) is 10.5 Å². The van der Waals surface area contributed by atoms with Crippen molar-refractivity contribution < 1.29 is 17.5 Å². The van der Waals surface area contributed by atoms with Crippen LogP contribution in [0.1, 0.15) is 6.92 Å². The molecule has 0 heterocycles. The van der Waals surface area contributed by atoms with E-state index >= 15 is 0 Å². The van der Waals surface area contributed by atoms with Crippen LogP contribution in [0.3, 0.4) is 0 Å². The van der Waals surface area contributed by atoms with Crippen LogP contribution in [0.4, 0.5) is 15.8 Å². The van der Waals surface area contributed by atoms with E-state index in [2.05, 4.69) is 4.72 Å². The number of hydrogen-bond acceptors (Lipinski definition) is 4.